The molecule has 20 heavy (non-hydrogen) atoms. The third-order valence-corrected chi connectivity index (χ3v) is 4.01. The summed E-state index contributed by atoms with van der Waals surface area (Å²) in [7, 11) is 0. The van der Waals surface area contributed by atoms with Crippen molar-refractivity contribution in [1.82, 2.24) is 10.3 Å². The first-order valence-corrected chi connectivity index (χ1v) is 7.26. The predicted molar refractivity (Wildman–Crippen MR) is 72.4 cm³/mol. The molecular formula is C14H13F3N2S. The van der Waals surface area contributed by atoms with Gasteiger partial charge in [0.2, 0.25) is 0 Å². The molecule has 0 radical (unpaired) electrons. The summed E-state index contributed by atoms with van der Waals surface area (Å²) in [5.74, 6) is 0. The molecule has 1 heterocycles. The molecule has 1 aromatic carbocycles. The summed E-state index contributed by atoms with van der Waals surface area (Å²) in [6, 6.07) is 5.89. The molecule has 1 aliphatic carbocycles. The summed E-state index contributed by atoms with van der Waals surface area (Å²) in [6.07, 6.45) is -1.92. The van der Waals surface area contributed by atoms with E-state index in [4.69, 9.17) is 0 Å². The zero-order valence-corrected chi connectivity index (χ0v) is 11.4. The van der Waals surface area contributed by atoms with E-state index >= 15 is 0 Å². The van der Waals surface area contributed by atoms with Crippen molar-refractivity contribution < 1.29 is 13.2 Å². The monoisotopic (exact) mass is 298 g/mol. The Balaban J connectivity index is 1.78. The summed E-state index contributed by atoms with van der Waals surface area (Å²) in [6.45, 7) is 0.689. The third-order valence-electron chi connectivity index (χ3n) is 3.16. The van der Waals surface area contributed by atoms with Gasteiger partial charge in [0.1, 0.15) is 5.01 Å². The van der Waals surface area contributed by atoms with E-state index in [1.165, 1.54) is 30.2 Å². The fourth-order valence-electron chi connectivity index (χ4n) is 1.90. The molecule has 1 N–H and O–H groups in total. The highest BCUT2D eigenvalue weighted by molar-refractivity contribution is 7.09. The Morgan fingerprint density at radius 1 is 1.30 bits per heavy atom. The maximum absolute atomic E-state index is 12.7. The first kappa shape index (κ1) is 13.6. The van der Waals surface area contributed by atoms with E-state index in [1.807, 2.05) is 0 Å². The molecule has 3 rings (SSSR count). The Morgan fingerprint density at radius 3 is 2.80 bits per heavy atom. The van der Waals surface area contributed by atoms with Crippen LogP contribution in [0, 0.1) is 0 Å². The topological polar surface area (TPSA) is 24.9 Å². The molecule has 0 atom stereocenters. The van der Waals surface area contributed by atoms with Crippen molar-refractivity contribution in [3.8, 4) is 11.3 Å². The number of thiazole rings is 1. The standard InChI is InChI=1S/C14H13F3N2S/c15-14(16,17)10-3-1-2-9(6-10)12-8-20-13(19-12)7-18-11-4-5-11/h1-3,6,8,11,18H,4-5,7H2. The molecule has 106 valence electrons. The van der Waals surface area contributed by atoms with E-state index in [9.17, 15) is 13.2 Å². The smallest absolute Gasteiger partial charge is 0.308 e. The highest BCUT2D eigenvalue weighted by atomic mass is 32.1. The van der Waals surface area contributed by atoms with Crippen LogP contribution in [0.3, 0.4) is 0 Å². The molecule has 1 fully saturated rings. The lowest BCUT2D eigenvalue weighted by Crippen LogP contribution is -2.14. The van der Waals surface area contributed by atoms with Crippen LogP contribution in [0.4, 0.5) is 13.2 Å². The average Bonchev–Trinajstić information content (AvgIpc) is 3.12. The summed E-state index contributed by atoms with van der Waals surface area (Å²) in [5, 5.41) is 6.05. The van der Waals surface area contributed by atoms with Crippen molar-refractivity contribution in [2.24, 2.45) is 0 Å². The van der Waals surface area contributed by atoms with Crippen LogP contribution in [0.1, 0.15) is 23.4 Å². The normalized spacial score (nSPS) is 15.6. The largest absolute Gasteiger partial charge is 0.416 e. The van der Waals surface area contributed by atoms with Gasteiger partial charge in [0.25, 0.3) is 0 Å². The lowest BCUT2D eigenvalue weighted by molar-refractivity contribution is -0.137. The first-order valence-electron chi connectivity index (χ1n) is 6.38. The summed E-state index contributed by atoms with van der Waals surface area (Å²) >= 11 is 1.47. The van der Waals surface area contributed by atoms with Crippen molar-refractivity contribution in [3.63, 3.8) is 0 Å². The van der Waals surface area contributed by atoms with Crippen LogP contribution < -0.4 is 5.32 Å². The van der Waals surface area contributed by atoms with Gasteiger partial charge in [-0.05, 0) is 25.0 Å². The van der Waals surface area contributed by atoms with E-state index in [1.54, 1.807) is 11.4 Å². The minimum absolute atomic E-state index is 0.508. The SMILES string of the molecule is FC(F)(F)c1cccc(-c2csc(CNC3CC3)n2)c1. The summed E-state index contributed by atoms with van der Waals surface area (Å²) in [5.41, 5.74) is 0.475. The fourth-order valence-corrected chi connectivity index (χ4v) is 2.65. The van der Waals surface area contributed by atoms with Gasteiger partial charge >= 0.3 is 6.18 Å². The molecule has 0 amide bonds. The number of hydrogen-bond donors (Lipinski definition) is 1. The molecule has 2 nitrogen and oxygen atoms in total. The minimum atomic E-state index is -4.32. The molecule has 2 aromatic rings. The van der Waals surface area contributed by atoms with Crippen LogP contribution in [-0.2, 0) is 12.7 Å². The van der Waals surface area contributed by atoms with Crippen LogP contribution in [0.2, 0.25) is 0 Å². The van der Waals surface area contributed by atoms with Crippen LogP contribution >= 0.6 is 11.3 Å². The van der Waals surface area contributed by atoms with Crippen LogP contribution in [0.5, 0.6) is 0 Å². The summed E-state index contributed by atoms with van der Waals surface area (Å²) in [4.78, 5) is 4.39. The summed E-state index contributed by atoms with van der Waals surface area (Å²) < 4.78 is 38.0. The van der Waals surface area contributed by atoms with Crippen molar-refractivity contribution in [2.75, 3.05) is 0 Å². The van der Waals surface area contributed by atoms with Gasteiger partial charge in [-0.25, -0.2) is 4.98 Å². The van der Waals surface area contributed by atoms with Crippen molar-refractivity contribution in [1.29, 1.82) is 0 Å². The molecule has 1 aliphatic rings. The second-order valence-corrected chi connectivity index (χ2v) is 5.80. The Morgan fingerprint density at radius 2 is 2.10 bits per heavy atom. The van der Waals surface area contributed by atoms with Gasteiger partial charge in [-0.3, -0.25) is 0 Å². The van der Waals surface area contributed by atoms with Crippen molar-refractivity contribution in [2.45, 2.75) is 31.6 Å². The number of aromatic nitrogens is 1. The Hall–Kier alpha value is -1.40. The molecular weight excluding hydrogens is 285 g/mol. The lowest BCUT2D eigenvalue weighted by atomic mass is 10.1. The van der Waals surface area contributed by atoms with Gasteiger partial charge < -0.3 is 5.32 Å². The van der Waals surface area contributed by atoms with Gasteiger partial charge in [0, 0.05) is 23.5 Å². The molecule has 1 aromatic heterocycles. The maximum atomic E-state index is 12.7. The van der Waals surface area contributed by atoms with Crippen LogP contribution in [0.15, 0.2) is 29.6 Å². The second-order valence-electron chi connectivity index (χ2n) is 4.86. The molecule has 0 aliphatic heterocycles. The van der Waals surface area contributed by atoms with E-state index in [0.717, 1.165) is 17.1 Å². The number of alkyl halides is 3. The van der Waals surface area contributed by atoms with Crippen LogP contribution in [-0.4, -0.2) is 11.0 Å². The highest BCUT2D eigenvalue weighted by Crippen LogP contribution is 2.32. The maximum Gasteiger partial charge on any atom is 0.416 e. The number of hydrogen-bond acceptors (Lipinski definition) is 3. The predicted octanol–water partition coefficient (Wildman–Crippen LogP) is 4.08. The Kier molecular flexibility index (Phi) is 3.52. The minimum Gasteiger partial charge on any atom is -0.308 e. The van der Waals surface area contributed by atoms with Crippen LogP contribution in [0.25, 0.3) is 11.3 Å². The van der Waals surface area contributed by atoms with E-state index in [2.05, 4.69) is 10.3 Å². The van der Waals surface area contributed by atoms with Gasteiger partial charge in [0.15, 0.2) is 0 Å². The number of rotatable bonds is 4. The first-order chi connectivity index (χ1) is 9.52. The molecule has 0 saturated heterocycles. The zero-order valence-electron chi connectivity index (χ0n) is 10.6. The van der Waals surface area contributed by atoms with Crippen molar-refractivity contribution in [3.05, 3.63) is 40.2 Å². The number of benzene rings is 1. The number of halogens is 3. The Bertz CT molecular complexity index is 602. The average molecular weight is 298 g/mol. The fraction of sp³-hybridized carbons (Fsp3) is 0.357. The lowest BCUT2D eigenvalue weighted by Gasteiger charge is -2.07. The molecule has 0 spiro atoms. The quantitative estimate of drug-likeness (QED) is 0.920. The van der Waals surface area contributed by atoms with Gasteiger partial charge in [-0.15, -0.1) is 11.3 Å². The van der Waals surface area contributed by atoms with Gasteiger partial charge in [-0.1, -0.05) is 12.1 Å². The molecule has 0 bridgehead atoms. The Labute approximate surface area is 118 Å². The van der Waals surface area contributed by atoms with E-state index < -0.39 is 11.7 Å². The number of nitrogens with zero attached hydrogens (tertiary/aromatic N) is 1. The molecule has 6 heteroatoms. The number of nitrogens with one attached hydrogen (secondary N) is 1. The molecule has 0 unspecified atom stereocenters. The zero-order chi connectivity index (χ0) is 14.2. The van der Waals surface area contributed by atoms with Gasteiger partial charge in [0.05, 0.1) is 11.3 Å². The van der Waals surface area contributed by atoms with Crippen molar-refractivity contribution >= 4 is 11.3 Å². The van der Waals surface area contributed by atoms with E-state index in [-0.39, 0.29) is 0 Å². The molecule has 1 saturated carbocycles. The van der Waals surface area contributed by atoms with Gasteiger partial charge in [-0.2, -0.15) is 13.2 Å². The second kappa shape index (κ2) is 5.18. The third kappa shape index (κ3) is 3.19. The van der Waals surface area contributed by atoms with E-state index in [0.29, 0.717) is 23.8 Å². The highest BCUT2D eigenvalue weighted by Gasteiger charge is 2.30.